The number of aryl methyl sites for hydroxylation is 2. The quantitative estimate of drug-likeness (QED) is 0.696. The van der Waals surface area contributed by atoms with Gasteiger partial charge in [-0.15, -0.1) is 0 Å². The Labute approximate surface area is 79.4 Å². The fourth-order valence-electron chi connectivity index (χ4n) is 1.87. The van der Waals surface area contributed by atoms with E-state index >= 15 is 0 Å². The van der Waals surface area contributed by atoms with Crippen molar-refractivity contribution >= 4 is 0 Å². The van der Waals surface area contributed by atoms with Crippen LogP contribution in [0.5, 0.6) is 5.75 Å². The van der Waals surface area contributed by atoms with Gasteiger partial charge in [-0.1, -0.05) is 12.5 Å². The van der Waals surface area contributed by atoms with Crippen molar-refractivity contribution in [2.45, 2.75) is 39.0 Å². The summed E-state index contributed by atoms with van der Waals surface area (Å²) in [6, 6.07) is 4.04. The molecule has 1 N–H and O–H groups in total. The first kappa shape index (κ1) is 8.61. The second-order valence-corrected chi connectivity index (χ2v) is 4.12. The first-order chi connectivity index (χ1) is 6.18. The average molecular weight is 176 g/mol. The molecule has 0 spiro atoms. The van der Waals surface area contributed by atoms with Crippen molar-refractivity contribution in [1.82, 2.24) is 0 Å². The SMILES string of the molecule is Cc1cc(O)c(C2CCC2)cc1C. The van der Waals surface area contributed by atoms with E-state index in [0.29, 0.717) is 11.7 Å². The summed E-state index contributed by atoms with van der Waals surface area (Å²) in [5.74, 6) is 1.12. The molecule has 0 radical (unpaired) electrons. The number of hydrogen-bond donors (Lipinski definition) is 1. The number of phenols is 1. The largest absolute Gasteiger partial charge is 0.508 e. The van der Waals surface area contributed by atoms with Crippen LogP contribution in [0.25, 0.3) is 0 Å². The second kappa shape index (κ2) is 3.06. The fraction of sp³-hybridized carbons (Fsp3) is 0.500. The molecule has 1 fully saturated rings. The molecule has 1 aromatic rings. The van der Waals surface area contributed by atoms with Gasteiger partial charge in [0.15, 0.2) is 0 Å². The number of phenolic OH excluding ortho intramolecular Hbond substituents is 1. The molecule has 13 heavy (non-hydrogen) atoms. The molecule has 1 heteroatoms. The minimum absolute atomic E-state index is 0.493. The highest BCUT2D eigenvalue weighted by Gasteiger charge is 2.22. The van der Waals surface area contributed by atoms with Crippen molar-refractivity contribution in [1.29, 1.82) is 0 Å². The summed E-state index contributed by atoms with van der Waals surface area (Å²) in [4.78, 5) is 0. The molecule has 1 saturated carbocycles. The van der Waals surface area contributed by atoms with Gasteiger partial charge in [-0.3, -0.25) is 0 Å². The van der Waals surface area contributed by atoms with E-state index in [9.17, 15) is 5.11 Å². The second-order valence-electron chi connectivity index (χ2n) is 4.12. The lowest BCUT2D eigenvalue weighted by Gasteiger charge is -2.27. The van der Waals surface area contributed by atoms with Crippen molar-refractivity contribution in [2.24, 2.45) is 0 Å². The summed E-state index contributed by atoms with van der Waals surface area (Å²) in [6.07, 6.45) is 3.81. The number of aromatic hydroxyl groups is 1. The van der Waals surface area contributed by atoms with Gasteiger partial charge in [0.25, 0.3) is 0 Å². The summed E-state index contributed by atoms with van der Waals surface area (Å²) in [7, 11) is 0. The van der Waals surface area contributed by atoms with Gasteiger partial charge in [-0.2, -0.15) is 0 Å². The van der Waals surface area contributed by atoms with E-state index in [1.165, 1.54) is 30.4 Å². The molecule has 0 aliphatic heterocycles. The Balaban J connectivity index is 2.39. The van der Waals surface area contributed by atoms with Crippen LogP contribution in [0.1, 0.15) is 41.9 Å². The summed E-state index contributed by atoms with van der Waals surface area (Å²) in [5.41, 5.74) is 3.63. The molecule has 1 aliphatic rings. The summed E-state index contributed by atoms with van der Waals surface area (Å²) in [5, 5.41) is 9.75. The van der Waals surface area contributed by atoms with E-state index in [1.54, 1.807) is 0 Å². The van der Waals surface area contributed by atoms with Crippen molar-refractivity contribution in [2.75, 3.05) is 0 Å². The van der Waals surface area contributed by atoms with Gasteiger partial charge in [0.1, 0.15) is 5.75 Å². The highest BCUT2D eigenvalue weighted by Crippen LogP contribution is 2.41. The van der Waals surface area contributed by atoms with Crippen LogP contribution in [0.4, 0.5) is 0 Å². The van der Waals surface area contributed by atoms with Gasteiger partial charge < -0.3 is 5.11 Å². The molecular weight excluding hydrogens is 160 g/mol. The molecule has 0 unspecified atom stereocenters. The van der Waals surface area contributed by atoms with E-state index in [1.807, 2.05) is 13.0 Å². The van der Waals surface area contributed by atoms with Crippen LogP contribution in [-0.2, 0) is 0 Å². The molecule has 2 rings (SSSR count). The zero-order valence-corrected chi connectivity index (χ0v) is 8.30. The molecule has 70 valence electrons. The highest BCUT2D eigenvalue weighted by molar-refractivity contribution is 5.43. The summed E-state index contributed by atoms with van der Waals surface area (Å²) < 4.78 is 0. The third kappa shape index (κ3) is 1.43. The smallest absolute Gasteiger partial charge is 0.119 e. The number of benzene rings is 1. The van der Waals surface area contributed by atoms with Crippen molar-refractivity contribution in [3.63, 3.8) is 0 Å². The van der Waals surface area contributed by atoms with Crippen LogP contribution in [0, 0.1) is 13.8 Å². The molecule has 0 aromatic heterocycles. The fourth-order valence-corrected chi connectivity index (χ4v) is 1.87. The lowest BCUT2D eigenvalue weighted by molar-refractivity contribution is 0.392. The van der Waals surface area contributed by atoms with E-state index in [2.05, 4.69) is 13.0 Å². The van der Waals surface area contributed by atoms with Crippen molar-refractivity contribution < 1.29 is 5.11 Å². The van der Waals surface area contributed by atoms with Crippen molar-refractivity contribution in [3.8, 4) is 5.75 Å². The lowest BCUT2D eigenvalue weighted by atomic mass is 9.79. The Hall–Kier alpha value is -0.980. The predicted molar refractivity (Wildman–Crippen MR) is 54.2 cm³/mol. The standard InChI is InChI=1S/C12H16O/c1-8-6-11(10-4-3-5-10)12(13)7-9(8)2/h6-7,10,13H,3-5H2,1-2H3. The zero-order valence-electron chi connectivity index (χ0n) is 8.30. The third-order valence-corrected chi connectivity index (χ3v) is 3.19. The molecule has 1 aliphatic carbocycles. The minimum Gasteiger partial charge on any atom is -0.508 e. The summed E-state index contributed by atoms with van der Waals surface area (Å²) in [6.45, 7) is 4.15. The Morgan fingerprint density at radius 2 is 1.77 bits per heavy atom. The van der Waals surface area contributed by atoms with E-state index < -0.39 is 0 Å². The van der Waals surface area contributed by atoms with Gasteiger partial charge in [-0.25, -0.2) is 0 Å². The first-order valence-electron chi connectivity index (χ1n) is 4.98. The Morgan fingerprint density at radius 3 is 2.31 bits per heavy atom. The molecular formula is C12H16O. The van der Waals surface area contributed by atoms with Crippen LogP contribution in [-0.4, -0.2) is 5.11 Å². The Morgan fingerprint density at radius 1 is 1.15 bits per heavy atom. The summed E-state index contributed by atoms with van der Waals surface area (Å²) >= 11 is 0. The maximum absolute atomic E-state index is 9.75. The topological polar surface area (TPSA) is 20.2 Å². The maximum Gasteiger partial charge on any atom is 0.119 e. The lowest BCUT2D eigenvalue weighted by Crippen LogP contribution is -2.09. The van der Waals surface area contributed by atoms with Crippen LogP contribution in [0.15, 0.2) is 12.1 Å². The third-order valence-electron chi connectivity index (χ3n) is 3.19. The molecule has 1 nitrogen and oxygen atoms in total. The zero-order chi connectivity index (χ0) is 9.42. The van der Waals surface area contributed by atoms with Crippen LogP contribution in [0.3, 0.4) is 0 Å². The number of hydrogen-bond acceptors (Lipinski definition) is 1. The molecule has 0 amide bonds. The van der Waals surface area contributed by atoms with Crippen LogP contribution < -0.4 is 0 Å². The normalized spacial score (nSPS) is 17.1. The average Bonchev–Trinajstić information content (AvgIpc) is 1.96. The van der Waals surface area contributed by atoms with E-state index in [-0.39, 0.29) is 0 Å². The minimum atomic E-state index is 0.493. The Bertz CT molecular complexity index is 324. The monoisotopic (exact) mass is 176 g/mol. The molecule has 0 atom stereocenters. The Kier molecular flexibility index (Phi) is 2.03. The van der Waals surface area contributed by atoms with Crippen molar-refractivity contribution in [3.05, 3.63) is 28.8 Å². The molecule has 0 heterocycles. The van der Waals surface area contributed by atoms with Gasteiger partial charge >= 0.3 is 0 Å². The first-order valence-corrected chi connectivity index (χ1v) is 4.98. The van der Waals surface area contributed by atoms with E-state index in [0.717, 1.165) is 5.56 Å². The van der Waals surface area contributed by atoms with Gasteiger partial charge in [-0.05, 0) is 55.4 Å². The number of rotatable bonds is 1. The molecule has 0 bridgehead atoms. The van der Waals surface area contributed by atoms with Crippen LogP contribution in [0.2, 0.25) is 0 Å². The van der Waals surface area contributed by atoms with E-state index in [4.69, 9.17) is 0 Å². The maximum atomic E-state index is 9.75. The van der Waals surface area contributed by atoms with Crippen LogP contribution >= 0.6 is 0 Å². The predicted octanol–water partition coefficient (Wildman–Crippen LogP) is 3.28. The molecule has 0 saturated heterocycles. The van der Waals surface area contributed by atoms with Gasteiger partial charge in [0.05, 0.1) is 0 Å². The van der Waals surface area contributed by atoms with Gasteiger partial charge in [0, 0.05) is 0 Å². The van der Waals surface area contributed by atoms with Gasteiger partial charge in [0.2, 0.25) is 0 Å². The highest BCUT2D eigenvalue weighted by atomic mass is 16.3. The molecule has 1 aromatic carbocycles.